The molecule has 0 aromatic carbocycles. The van der Waals surface area contributed by atoms with Gasteiger partial charge in [0.05, 0.1) is 0 Å². The average Bonchev–Trinajstić information content (AvgIpc) is 2.57. The molecule has 0 spiro atoms. The van der Waals surface area contributed by atoms with Crippen molar-refractivity contribution in [3.8, 4) is 0 Å². The van der Waals surface area contributed by atoms with Crippen LogP contribution >= 0.6 is 0 Å². The topological polar surface area (TPSA) is 52.6 Å². The van der Waals surface area contributed by atoms with Crippen molar-refractivity contribution < 1.29 is 19.1 Å². The Morgan fingerprint density at radius 1 is 0.607 bits per heavy atom. The second-order valence-corrected chi connectivity index (χ2v) is 11.8. The van der Waals surface area contributed by atoms with E-state index in [9.17, 15) is 9.59 Å². The molecule has 0 aromatic heterocycles. The average molecular weight is 387 g/mol. The molecule has 4 nitrogen and oxygen atoms in total. The fourth-order valence-corrected chi connectivity index (χ4v) is 9.01. The van der Waals surface area contributed by atoms with Crippen molar-refractivity contribution in [2.45, 2.75) is 95.2 Å². The van der Waals surface area contributed by atoms with Crippen molar-refractivity contribution in [3.63, 3.8) is 0 Å². The third kappa shape index (κ3) is 2.84. The molecule has 8 fully saturated rings. The summed E-state index contributed by atoms with van der Waals surface area (Å²) in [5.74, 6) is 2.92. The maximum Gasteiger partial charge on any atom is 0.320 e. The van der Waals surface area contributed by atoms with Gasteiger partial charge in [-0.2, -0.15) is 0 Å². The first-order chi connectivity index (χ1) is 13.4. The monoisotopic (exact) mass is 386 g/mol. The Hall–Kier alpha value is -1.06. The molecular weight excluding hydrogens is 352 g/mol. The van der Waals surface area contributed by atoms with Crippen molar-refractivity contribution in [2.75, 3.05) is 0 Å². The number of hydrogen-bond donors (Lipinski definition) is 0. The van der Waals surface area contributed by atoms with Crippen LogP contribution in [0.5, 0.6) is 0 Å². The zero-order chi connectivity index (χ0) is 19.1. The van der Waals surface area contributed by atoms with Gasteiger partial charge < -0.3 is 9.47 Å². The van der Waals surface area contributed by atoms with Gasteiger partial charge in [-0.15, -0.1) is 0 Å². The van der Waals surface area contributed by atoms with E-state index < -0.39 is 5.92 Å². The normalized spacial score (nSPS) is 51.2. The Bertz CT molecular complexity index is 566. The largest absolute Gasteiger partial charge is 0.458 e. The summed E-state index contributed by atoms with van der Waals surface area (Å²) >= 11 is 0. The molecule has 0 aliphatic heterocycles. The van der Waals surface area contributed by atoms with Gasteiger partial charge in [0.2, 0.25) is 0 Å². The molecule has 28 heavy (non-hydrogen) atoms. The lowest BCUT2D eigenvalue weighted by Gasteiger charge is -2.56. The van der Waals surface area contributed by atoms with E-state index in [1.54, 1.807) is 6.92 Å². The quantitative estimate of drug-likeness (QED) is 0.521. The van der Waals surface area contributed by atoms with Crippen molar-refractivity contribution in [2.24, 2.45) is 41.4 Å². The molecule has 0 heterocycles. The molecule has 8 saturated carbocycles. The predicted octanol–water partition coefficient (Wildman–Crippen LogP) is 4.65. The summed E-state index contributed by atoms with van der Waals surface area (Å²) in [6, 6.07) is 0. The Balaban J connectivity index is 1.12. The van der Waals surface area contributed by atoms with E-state index in [4.69, 9.17) is 9.47 Å². The van der Waals surface area contributed by atoms with Crippen molar-refractivity contribution in [1.29, 1.82) is 0 Å². The highest BCUT2D eigenvalue weighted by Gasteiger charge is 2.55. The highest BCUT2D eigenvalue weighted by Crippen LogP contribution is 2.58. The van der Waals surface area contributed by atoms with Crippen LogP contribution in [-0.4, -0.2) is 23.1 Å². The van der Waals surface area contributed by atoms with Crippen LogP contribution in [0.1, 0.15) is 84.0 Å². The number of esters is 2. The molecule has 4 heteroatoms. The summed E-state index contributed by atoms with van der Waals surface area (Å²) < 4.78 is 12.2. The summed E-state index contributed by atoms with van der Waals surface area (Å²) in [4.78, 5) is 25.9. The molecule has 0 atom stereocenters. The first kappa shape index (κ1) is 17.8. The fourth-order valence-electron chi connectivity index (χ4n) is 9.01. The summed E-state index contributed by atoms with van der Waals surface area (Å²) in [5.41, 5.74) is -0.553. The van der Waals surface area contributed by atoms with Crippen LogP contribution in [0.4, 0.5) is 0 Å². The van der Waals surface area contributed by atoms with Gasteiger partial charge in [-0.1, -0.05) is 0 Å². The van der Waals surface area contributed by atoms with Crippen molar-refractivity contribution in [3.05, 3.63) is 0 Å². The minimum Gasteiger partial charge on any atom is -0.458 e. The lowest BCUT2D eigenvalue weighted by molar-refractivity contribution is -0.203. The van der Waals surface area contributed by atoms with Gasteiger partial charge in [0.15, 0.2) is 5.92 Å². The number of hydrogen-bond acceptors (Lipinski definition) is 4. The Morgan fingerprint density at radius 2 is 0.857 bits per heavy atom. The molecule has 0 amide bonds. The van der Waals surface area contributed by atoms with E-state index in [0.717, 1.165) is 74.0 Å². The van der Waals surface area contributed by atoms with Crippen molar-refractivity contribution in [1.82, 2.24) is 0 Å². The molecule has 0 aromatic rings. The molecule has 8 rings (SSSR count). The van der Waals surface area contributed by atoms with Gasteiger partial charge in [0, 0.05) is 0 Å². The van der Waals surface area contributed by atoms with E-state index >= 15 is 0 Å². The third-order valence-corrected chi connectivity index (χ3v) is 9.31. The van der Waals surface area contributed by atoms with Crippen LogP contribution < -0.4 is 0 Å². The second kappa shape index (κ2) is 5.98. The second-order valence-electron chi connectivity index (χ2n) is 11.8. The Labute approximate surface area is 168 Å². The number of ether oxygens (including phenoxy) is 2. The van der Waals surface area contributed by atoms with Crippen LogP contribution in [0.25, 0.3) is 0 Å². The van der Waals surface area contributed by atoms with Gasteiger partial charge in [0.25, 0.3) is 0 Å². The third-order valence-electron chi connectivity index (χ3n) is 9.31. The predicted molar refractivity (Wildman–Crippen MR) is 103 cm³/mol. The zero-order valence-electron chi connectivity index (χ0n) is 17.2. The summed E-state index contributed by atoms with van der Waals surface area (Å²) in [5, 5.41) is 0. The molecular formula is C24H34O4. The maximum absolute atomic E-state index is 12.9. The molecule has 8 aliphatic carbocycles. The van der Waals surface area contributed by atoms with E-state index in [0.29, 0.717) is 0 Å². The van der Waals surface area contributed by atoms with Gasteiger partial charge in [-0.25, -0.2) is 0 Å². The van der Waals surface area contributed by atoms with Gasteiger partial charge in [-0.3, -0.25) is 9.59 Å². The number of rotatable bonds is 4. The highest BCUT2D eigenvalue weighted by atomic mass is 16.6. The summed E-state index contributed by atoms with van der Waals surface area (Å²) in [6.07, 6.45) is 14.0. The molecule has 0 radical (unpaired) electrons. The summed E-state index contributed by atoms with van der Waals surface area (Å²) in [7, 11) is 0. The standard InChI is InChI=1S/C24H34O4/c1-14(21(25)27-23-8-15-2-16(9-23)4-17(3-15)10-23)22(26)28-24-11-18-5-19(12-24)7-20(6-18)13-24/h14-20H,2-13H2,1H3. The Kier molecular flexibility index (Phi) is 3.80. The first-order valence-electron chi connectivity index (χ1n) is 11.8. The van der Waals surface area contributed by atoms with Crippen LogP contribution in [0.3, 0.4) is 0 Å². The lowest BCUT2D eigenvalue weighted by Crippen LogP contribution is -2.54. The fraction of sp³-hybridized carbons (Fsp3) is 0.917. The van der Waals surface area contributed by atoms with E-state index in [-0.39, 0.29) is 23.1 Å². The minimum absolute atomic E-state index is 0.277. The zero-order valence-corrected chi connectivity index (χ0v) is 17.2. The first-order valence-corrected chi connectivity index (χ1v) is 11.8. The van der Waals surface area contributed by atoms with E-state index in [1.807, 2.05) is 0 Å². The molecule has 0 N–H and O–H groups in total. The Morgan fingerprint density at radius 3 is 1.11 bits per heavy atom. The molecule has 8 aliphatic rings. The number of carbonyl (C=O) groups is 2. The van der Waals surface area contributed by atoms with E-state index in [2.05, 4.69) is 0 Å². The van der Waals surface area contributed by atoms with Crippen LogP contribution in [0.2, 0.25) is 0 Å². The summed E-state index contributed by atoms with van der Waals surface area (Å²) in [6.45, 7) is 1.70. The minimum atomic E-state index is -0.791. The highest BCUT2D eigenvalue weighted by molar-refractivity contribution is 5.94. The molecule has 0 saturated heterocycles. The van der Waals surface area contributed by atoms with Gasteiger partial charge in [0.1, 0.15) is 11.2 Å². The number of carbonyl (C=O) groups excluding carboxylic acids is 2. The smallest absolute Gasteiger partial charge is 0.320 e. The van der Waals surface area contributed by atoms with Crippen LogP contribution in [0, 0.1) is 41.4 Å². The van der Waals surface area contributed by atoms with Crippen LogP contribution in [0.15, 0.2) is 0 Å². The maximum atomic E-state index is 12.9. The van der Waals surface area contributed by atoms with Crippen LogP contribution in [-0.2, 0) is 19.1 Å². The van der Waals surface area contributed by atoms with Gasteiger partial charge >= 0.3 is 11.9 Å². The van der Waals surface area contributed by atoms with Gasteiger partial charge in [-0.05, 0) is 119 Å². The van der Waals surface area contributed by atoms with Crippen molar-refractivity contribution >= 4 is 11.9 Å². The molecule has 154 valence electrons. The molecule has 8 bridgehead atoms. The van der Waals surface area contributed by atoms with E-state index in [1.165, 1.54) is 38.5 Å². The molecule has 0 unspecified atom stereocenters. The lowest BCUT2D eigenvalue weighted by atomic mass is 9.54. The SMILES string of the molecule is CC(C(=O)OC12CC3CC(CC(C3)C1)C2)C(=O)OC12CC3CC(CC(C3)C1)C2.